The average Bonchev–Trinajstić information content (AvgIpc) is 3.58. The third kappa shape index (κ3) is 3.81. The Morgan fingerprint density at radius 2 is 1.68 bits per heavy atom. The number of benzene rings is 2. The van der Waals surface area contributed by atoms with Gasteiger partial charge in [-0.3, -0.25) is 10.3 Å². The highest BCUT2D eigenvalue weighted by Gasteiger charge is 2.39. The molecule has 5 nitrogen and oxygen atoms in total. The second kappa shape index (κ2) is 7.88. The maximum Gasteiger partial charge on any atom is 0.162 e. The molecule has 1 unspecified atom stereocenters. The summed E-state index contributed by atoms with van der Waals surface area (Å²) >= 11 is 0. The van der Waals surface area contributed by atoms with E-state index in [1.165, 1.54) is 24.0 Å². The normalized spacial score (nSPS) is 25.6. The predicted octanol–water partition coefficient (Wildman–Crippen LogP) is 4.59. The van der Waals surface area contributed by atoms with Crippen LogP contribution in [-0.2, 0) is 22.4 Å². The van der Waals surface area contributed by atoms with Gasteiger partial charge in [-0.25, -0.2) is 0 Å². The molecule has 2 aliphatic carbocycles. The lowest BCUT2D eigenvalue weighted by Gasteiger charge is -2.20. The van der Waals surface area contributed by atoms with Gasteiger partial charge < -0.3 is 14.2 Å². The van der Waals surface area contributed by atoms with Crippen LogP contribution in [-0.4, -0.2) is 31.0 Å². The van der Waals surface area contributed by atoms with Crippen LogP contribution >= 0.6 is 0 Å². The summed E-state index contributed by atoms with van der Waals surface area (Å²) < 4.78 is 18.5. The van der Waals surface area contributed by atoms with Gasteiger partial charge in [0.05, 0.1) is 18.4 Å². The topological polar surface area (TPSA) is 49.0 Å². The highest BCUT2D eigenvalue weighted by atomic mass is 16.7. The van der Waals surface area contributed by atoms with Crippen molar-refractivity contribution in [3.8, 4) is 11.5 Å². The van der Waals surface area contributed by atoms with Crippen molar-refractivity contribution < 1.29 is 19.0 Å². The molecule has 2 aromatic rings. The first-order valence-electron chi connectivity index (χ1n) is 11.6. The minimum absolute atomic E-state index is 0.134. The Labute approximate surface area is 183 Å². The van der Waals surface area contributed by atoms with Crippen molar-refractivity contribution in [1.29, 1.82) is 0 Å². The molecule has 6 rings (SSSR count). The predicted molar refractivity (Wildman–Crippen MR) is 118 cm³/mol. The summed E-state index contributed by atoms with van der Waals surface area (Å²) in [6, 6.07) is 14.9. The number of rotatable bonds is 5. The van der Waals surface area contributed by atoms with Gasteiger partial charge in [-0.15, -0.1) is 0 Å². The SMILES string of the molecule is C1=C(c2ccc(OC3CCCC3)c(OC3Cc4ccccc4C3)c2)NOC12CCOC2. The van der Waals surface area contributed by atoms with E-state index < -0.39 is 0 Å². The van der Waals surface area contributed by atoms with E-state index in [1.807, 2.05) is 0 Å². The van der Waals surface area contributed by atoms with Crippen molar-refractivity contribution in [2.24, 2.45) is 0 Å². The van der Waals surface area contributed by atoms with Crippen LogP contribution in [0.5, 0.6) is 11.5 Å². The fourth-order valence-electron chi connectivity index (χ4n) is 5.21. The number of ether oxygens (including phenoxy) is 3. The van der Waals surface area contributed by atoms with Crippen LogP contribution in [0, 0.1) is 0 Å². The number of hydrogen-bond donors (Lipinski definition) is 1. The molecular formula is C26H29NO4. The van der Waals surface area contributed by atoms with Crippen LogP contribution in [0.3, 0.4) is 0 Å². The van der Waals surface area contributed by atoms with Crippen LogP contribution in [0.25, 0.3) is 5.70 Å². The Hall–Kier alpha value is -2.50. The molecule has 4 aliphatic rings. The molecular weight excluding hydrogens is 390 g/mol. The molecule has 0 bridgehead atoms. The third-order valence-corrected chi connectivity index (χ3v) is 6.95. The number of nitrogens with one attached hydrogen (secondary N) is 1. The molecule has 0 amide bonds. The first-order valence-corrected chi connectivity index (χ1v) is 11.6. The maximum absolute atomic E-state index is 6.57. The molecule has 1 saturated carbocycles. The lowest BCUT2D eigenvalue weighted by atomic mass is 10.0. The lowest BCUT2D eigenvalue weighted by Crippen LogP contribution is -2.29. The van der Waals surface area contributed by atoms with E-state index in [9.17, 15) is 0 Å². The van der Waals surface area contributed by atoms with Gasteiger partial charge in [0, 0.05) is 31.4 Å². The summed E-state index contributed by atoms with van der Waals surface area (Å²) in [6.45, 7) is 1.33. The van der Waals surface area contributed by atoms with E-state index >= 15 is 0 Å². The van der Waals surface area contributed by atoms with E-state index in [-0.39, 0.29) is 11.7 Å². The molecule has 31 heavy (non-hydrogen) atoms. The molecule has 162 valence electrons. The van der Waals surface area contributed by atoms with Crippen molar-refractivity contribution in [1.82, 2.24) is 5.48 Å². The van der Waals surface area contributed by atoms with Gasteiger partial charge in [-0.2, -0.15) is 0 Å². The van der Waals surface area contributed by atoms with E-state index in [1.54, 1.807) is 0 Å². The number of hydrogen-bond acceptors (Lipinski definition) is 5. The molecule has 2 heterocycles. The third-order valence-electron chi connectivity index (χ3n) is 6.95. The van der Waals surface area contributed by atoms with Crippen molar-refractivity contribution in [3.05, 3.63) is 65.2 Å². The Bertz CT molecular complexity index is 964. The summed E-state index contributed by atoms with van der Waals surface area (Å²) in [5.74, 6) is 1.68. The van der Waals surface area contributed by atoms with Crippen LogP contribution in [0.15, 0.2) is 48.5 Å². The number of hydroxylamine groups is 1. The monoisotopic (exact) mass is 419 g/mol. The van der Waals surface area contributed by atoms with Crippen molar-refractivity contribution >= 4 is 5.70 Å². The van der Waals surface area contributed by atoms with E-state index in [2.05, 4.69) is 54.0 Å². The molecule has 2 fully saturated rings. The fraction of sp³-hybridized carbons (Fsp3) is 0.462. The summed E-state index contributed by atoms with van der Waals surface area (Å²) in [5, 5.41) is 0. The van der Waals surface area contributed by atoms with Crippen molar-refractivity contribution in [2.75, 3.05) is 13.2 Å². The zero-order chi connectivity index (χ0) is 20.7. The van der Waals surface area contributed by atoms with Gasteiger partial charge in [0.25, 0.3) is 0 Å². The highest BCUT2D eigenvalue weighted by Crippen LogP contribution is 2.39. The largest absolute Gasteiger partial charge is 0.487 e. The maximum atomic E-state index is 6.57. The second-order valence-electron chi connectivity index (χ2n) is 9.23. The molecule has 2 aromatic carbocycles. The van der Waals surface area contributed by atoms with Gasteiger partial charge in [0.1, 0.15) is 11.7 Å². The zero-order valence-corrected chi connectivity index (χ0v) is 17.8. The number of fused-ring (bicyclic) bond motifs is 1. The molecule has 5 heteroatoms. The zero-order valence-electron chi connectivity index (χ0n) is 17.8. The second-order valence-corrected chi connectivity index (χ2v) is 9.23. The van der Waals surface area contributed by atoms with Crippen LogP contribution in [0.4, 0.5) is 0 Å². The standard InChI is InChI=1S/C26H29NO4/c1-2-6-19-14-22(13-18(19)5-1)30-25-15-20(9-10-24(25)29-21-7-3-4-8-21)23-16-26(31-27-23)11-12-28-17-26/h1-2,5-6,9-10,15-16,21-22,27H,3-4,7-8,11-14,17H2. The summed E-state index contributed by atoms with van der Waals surface area (Å²) in [6.07, 6.45) is 10.1. The van der Waals surface area contributed by atoms with E-state index in [4.69, 9.17) is 19.0 Å². The Balaban J connectivity index is 1.27. The lowest BCUT2D eigenvalue weighted by molar-refractivity contribution is -0.0373. The first-order chi connectivity index (χ1) is 15.3. The van der Waals surface area contributed by atoms with Crippen LogP contribution < -0.4 is 15.0 Å². The Morgan fingerprint density at radius 1 is 0.903 bits per heavy atom. The molecule has 0 radical (unpaired) electrons. The summed E-state index contributed by atoms with van der Waals surface area (Å²) in [7, 11) is 0. The molecule has 1 N–H and O–H groups in total. The van der Waals surface area contributed by atoms with Gasteiger partial charge in [0.15, 0.2) is 11.5 Å². The van der Waals surface area contributed by atoms with Crippen LogP contribution in [0.1, 0.15) is 48.8 Å². The molecule has 0 aromatic heterocycles. The molecule has 1 spiro atoms. The average molecular weight is 420 g/mol. The Kier molecular flexibility index (Phi) is 4.88. The van der Waals surface area contributed by atoms with Crippen molar-refractivity contribution in [2.45, 2.75) is 62.8 Å². The fourth-order valence-corrected chi connectivity index (χ4v) is 5.21. The van der Waals surface area contributed by atoms with Gasteiger partial charge >= 0.3 is 0 Å². The summed E-state index contributed by atoms with van der Waals surface area (Å²) in [5.41, 5.74) is 7.57. The van der Waals surface area contributed by atoms with E-state index in [0.717, 1.165) is 61.5 Å². The van der Waals surface area contributed by atoms with E-state index in [0.29, 0.717) is 12.7 Å². The minimum Gasteiger partial charge on any atom is -0.487 e. The van der Waals surface area contributed by atoms with Gasteiger partial charge in [-0.05, 0) is 61.1 Å². The minimum atomic E-state index is -0.345. The first kappa shape index (κ1) is 19.2. The molecule has 1 atom stereocenters. The van der Waals surface area contributed by atoms with Gasteiger partial charge in [0.2, 0.25) is 0 Å². The van der Waals surface area contributed by atoms with Crippen molar-refractivity contribution in [3.63, 3.8) is 0 Å². The van der Waals surface area contributed by atoms with Gasteiger partial charge in [-0.1, -0.05) is 24.3 Å². The highest BCUT2D eigenvalue weighted by molar-refractivity contribution is 5.68. The summed E-state index contributed by atoms with van der Waals surface area (Å²) in [4.78, 5) is 5.88. The quantitative estimate of drug-likeness (QED) is 0.768. The smallest absolute Gasteiger partial charge is 0.162 e. The molecule has 1 saturated heterocycles. The molecule has 2 aliphatic heterocycles. The van der Waals surface area contributed by atoms with Crippen LogP contribution in [0.2, 0.25) is 0 Å². The Morgan fingerprint density at radius 3 is 2.42 bits per heavy atom.